The van der Waals surface area contributed by atoms with Gasteiger partial charge in [0.1, 0.15) is 5.60 Å². The van der Waals surface area contributed by atoms with E-state index in [0.29, 0.717) is 23.7 Å². The third-order valence-corrected chi connectivity index (χ3v) is 2.31. The zero-order chi connectivity index (χ0) is 10.1. The molecular weight excluding hydrogens is 190 g/mol. The van der Waals surface area contributed by atoms with Crippen LogP contribution in [0.15, 0.2) is 6.20 Å². The molecule has 1 aromatic rings. The third kappa shape index (κ3) is 2.02. The summed E-state index contributed by atoms with van der Waals surface area (Å²) in [6.45, 7) is 2.09. The van der Waals surface area contributed by atoms with Crippen LogP contribution in [0.2, 0.25) is 5.02 Å². The van der Waals surface area contributed by atoms with E-state index in [1.54, 1.807) is 18.7 Å². The Labute approximate surface area is 82.3 Å². The molecule has 5 heteroatoms. The Bertz CT molecular complexity index is 276. The Kier molecular flexibility index (Phi) is 2.95. The Morgan fingerprint density at radius 2 is 2.38 bits per heavy atom. The van der Waals surface area contributed by atoms with Gasteiger partial charge in [0.25, 0.3) is 0 Å². The lowest BCUT2D eigenvalue weighted by molar-refractivity contribution is 0.0421. The highest BCUT2D eigenvalue weighted by atomic mass is 35.5. The summed E-state index contributed by atoms with van der Waals surface area (Å²) in [4.78, 5) is 0. The number of aliphatic hydroxyl groups is 1. The van der Waals surface area contributed by atoms with E-state index in [-0.39, 0.29) is 0 Å². The van der Waals surface area contributed by atoms with Gasteiger partial charge in [-0.1, -0.05) is 11.6 Å². The van der Waals surface area contributed by atoms with Crippen LogP contribution in [0.5, 0.6) is 0 Å². The van der Waals surface area contributed by atoms with Crippen LogP contribution in [0.4, 0.5) is 0 Å². The molecule has 0 aliphatic heterocycles. The first-order valence-electron chi connectivity index (χ1n) is 4.09. The molecule has 1 aromatic heterocycles. The van der Waals surface area contributed by atoms with Crippen molar-refractivity contribution in [3.63, 3.8) is 0 Å². The van der Waals surface area contributed by atoms with Crippen LogP contribution in [0, 0.1) is 0 Å². The highest BCUT2D eigenvalue weighted by molar-refractivity contribution is 6.31. The summed E-state index contributed by atoms with van der Waals surface area (Å²) in [7, 11) is 1.74. The summed E-state index contributed by atoms with van der Waals surface area (Å²) in [5.74, 6) is 0. The van der Waals surface area contributed by atoms with Gasteiger partial charge >= 0.3 is 0 Å². The predicted molar refractivity (Wildman–Crippen MR) is 51.5 cm³/mol. The van der Waals surface area contributed by atoms with Crippen LogP contribution in [0.25, 0.3) is 0 Å². The lowest BCUT2D eigenvalue weighted by Gasteiger charge is -2.23. The predicted octanol–water partition coefficient (Wildman–Crippen LogP) is 0.630. The molecule has 1 rings (SSSR count). The molecule has 3 N–H and O–H groups in total. The molecule has 1 atom stereocenters. The minimum Gasteiger partial charge on any atom is -0.384 e. The number of aromatic nitrogens is 2. The first-order chi connectivity index (χ1) is 5.99. The number of hydrogen-bond donors (Lipinski definition) is 2. The van der Waals surface area contributed by atoms with Crippen molar-refractivity contribution >= 4 is 11.6 Å². The molecule has 0 spiro atoms. The van der Waals surface area contributed by atoms with E-state index in [9.17, 15) is 5.11 Å². The number of aryl methyl sites for hydroxylation is 1. The molecule has 1 unspecified atom stereocenters. The number of hydrogen-bond acceptors (Lipinski definition) is 3. The maximum atomic E-state index is 10.0. The summed E-state index contributed by atoms with van der Waals surface area (Å²) in [6.07, 6.45) is 1.98. The van der Waals surface area contributed by atoms with Crippen molar-refractivity contribution in [3.05, 3.63) is 16.9 Å². The van der Waals surface area contributed by atoms with Crippen molar-refractivity contribution in [3.8, 4) is 0 Å². The molecule has 4 nitrogen and oxygen atoms in total. The average molecular weight is 204 g/mol. The second-order valence-corrected chi connectivity index (χ2v) is 3.68. The Morgan fingerprint density at radius 1 is 1.77 bits per heavy atom. The van der Waals surface area contributed by atoms with E-state index in [0.717, 1.165) is 0 Å². The van der Waals surface area contributed by atoms with Gasteiger partial charge in [-0.15, -0.1) is 0 Å². The molecule has 13 heavy (non-hydrogen) atoms. The fourth-order valence-electron chi connectivity index (χ4n) is 1.42. The maximum Gasteiger partial charge on any atom is 0.106 e. The van der Waals surface area contributed by atoms with Crippen LogP contribution >= 0.6 is 11.6 Å². The Hall–Kier alpha value is -0.580. The van der Waals surface area contributed by atoms with E-state index in [1.165, 1.54) is 6.20 Å². The summed E-state index contributed by atoms with van der Waals surface area (Å²) in [5, 5.41) is 14.4. The number of halogens is 1. The minimum absolute atomic E-state index is 0.411. The molecule has 0 amide bonds. The highest BCUT2D eigenvalue weighted by Crippen LogP contribution is 2.29. The van der Waals surface area contributed by atoms with Gasteiger partial charge in [-0.05, 0) is 19.9 Å². The normalized spacial score (nSPS) is 15.8. The zero-order valence-electron chi connectivity index (χ0n) is 7.79. The molecule has 0 radical (unpaired) electrons. The maximum absolute atomic E-state index is 10.0. The number of rotatable bonds is 3. The van der Waals surface area contributed by atoms with E-state index in [1.807, 2.05) is 0 Å². The molecule has 0 saturated heterocycles. The van der Waals surface area contributed by atoms with Crippen molar-refractivity contribution in [2.45, 2.75) is 18.9 Å². The van der Waals surface area contributed by atoms with Gasteiger partial charge in [-0.2, -0.15) is 5.10 Å². The summed E-state index contributed by atoms with van der Waals surface area (Å²) >= 11 is 5.88. The van der Waals surface area contributed by atoms with Crippen LogP contribution in [-0.4, -0.2) is 21.4 Å². The zero-order valence-corrected chi connectivity index (χ0v) is 8.54. The van der Waals surface area contributed by atoms with Gasteiger partial charge in [0.2, 0.25) is 0 Å². The van der Waals surface area contributed by atoms with E-state index >= 15 is 0 Å². The van der Waals surface area contributed by atoms with Crippen molar-refractivity contribution < 1.29 is 5.11 Å². The van der Waals surface area contributed by atoms with Gasteiger partial charge in [-0.25, -0.2) is 0 Å². The Balaban J connectivity index is 3.05. The topological polar surface area (TPSA) is 64.1 Å². The molecule has 0 fully saturated rings. The monoisotopic (exact) mass is 203 g/mol. The summed E-state index contributed by atoms with van der Waals surface area (Å²) in [6, 6.07) is 0. The van der Waals surface area contributed by atoms with Gasteiger partial charge in [0.05, 0.1) is 16.9 Å². The van der Waals surface area contributed by atoms with Crippen LogP contribution < -0.4 is 5.73 Å². The quantitative estimate of drug-likeness (QED) is 0.758. The van der Waals surface area contributed by atoms with Crippen molar-refractivity contribution in [2.24, 2.45) is 12.8 Å². The van der Waals surface area contributed by atoms with Gasteiger partial charge in [-0.3, -0.25) is 4.68 Å². The smallest absolute Gasteiger partial charge is 0.106 e. The first kappa shape index (κ1) is 10.5. The SMILES string of the molecule is Cn1ncc(Cl)c1C(C)(O)CCN. The van der Waals surface area contributed by atoms with Gasteiger partial charge in [0, 0.05) is 7.05 Å². The molecule has 74 valence electrons. The standard InChI is InChI=1S/C8H14ClN3O/c1-8(13,3-4-10)7-6(9)5-11-12(7)2/h5,13H,3-4,10H2,1-2H3. The summed E-state index contributed by atoms with van der Waals surface area (Å²) < 4.78 is 1.57. The van der Waals surface area contributed by atoms with E-state index in [4.69, 9.17) is 17.3 Å². The van der Waals surface area contributed by atoms with Crippen LogP contribution in [-0.2, 0) is 12.6 Å². The second-order valence-electron chi connectivity index (χ2n) is 3.28. The lowest BCUT2D eigenvalue weighted by Crippen LogP contribution is -2.28. The van der Waals surface area contributed by atoms with Crippen molar-refractivity contribution in [1.82, 2.24) is 9.78 Å². The highest BCUT2D eigenvalue weighted by Gasteiger charge is 2.28. The van der Waals surface area contributed by atoms with E-state index in [2.05, 4.69) is 5.10 Å². The van der Waals surface area contributed by atoms with Crippen LogP contribution in [0.1, 0.15) is 19.0 Å². The number of nitrogens with two attached hydrogens (primary N) is 1. The number of nitrogens with zero attached hydrogens (tertiary/aromatic N) is 2. The molecule has 0 aliphatic carbocycles. The molecule has 0 aliphatic rings. The second kappa shape index (κ2) is 3.65. The van der Waals surface area contributed by atoms with E-state index < -0.39 is 5.60 Å². The third-order valence-electron chi connectivity index (χ3n) is 2.04. The summed E-state index contributed by atoms with van der Waals surface area (Å²) in [5.41, 5.74) is 5.00. The van der Waals surface area contributed by atoms with Gasteiger partial charge < -0.3 is 10.8 Å². The molecule has 1 heterocycles. The fourth-order valence-corrected chi connectivity index (χ4v) is 1.79. The van der Waals surface area contributed by atoms with Crippen molar-refractivity contribution in [1.29, 1.82) is 0 Å². The van der Waals surface area contributed by atoms with Gasteiger partial charge in [0.15, 0.2) is 0 Å². The fraction of sp³-hybridized carbons (Fsp3) is 0.625. The lowest BCUT2D eigenvalue weighted by atomic mass is 9.98. The van der Waals surface area contributed by atoms with Crippen molar-refractivity contribution in [2.75, 3.05) is 6.54 Å². The Morgan fingerprint density at radius 3 is 2.77 bits per heavy atom. The first-order valence-corrected chi connectivity index (χ1v) is 4.47. The molecule has 0 saturated carbocycles. The molecule has 0 aromatic carbocycles. The largest absolute Gasteiger partial charge is 0.384 e. The average Bonchev–Trinajstić information content (AvgIpc) is 2.31. The minimum atomic E-state index is -1.00. The molecular formula is C8H14ClN3O. The molecule has 0 bridgehead atoms. The van der Waals surface area contributed by atoms with Crippen LogP contribution in [0.3, 0.4) is 0 Å².